The van der Waals surface area contributed by atoms with Gasteiger partial charge in [0, 0.05) is 19.8 Å². The second-order valence-electron chi connectivity index (χ2n) is 6.13. The average molecular weight is 356 g/mol. The van der Waals surface area contributed by atoms with Crippen molar-refractivity contribution in [3.8, 4) is 0 Å². The molecule has 0 bridgehead atoms. The first-order valence-electron chi connectivity index (χ1n) is 8.07. The van der Waals surface area contributed by atoms with Gasteiger partial charge in [-0.3, -0.25) is 9.48 Å². The number of hydrogen-bond donors (Lipinski definition) is 1. The number of rotatable bonds is 5. The largest absolute Gasteiger partial charge is 1.00 e. The molecule has 1 N–H and O–H groups in total. The number of aromatic nitrogens is 2. The molecular formula is C16H21N4NaO4. The van der Waals surface area contributed by atoms with Crippen LogP contribution < -0.4 is 44.9 Å². The number of carboxylic acid groups (broad SMARTS) is 1. The number of nitrogens with one attached hydrogen (secondary N) is 1. The van der Waals surface area contributed by atoms with Gasteiger partial charge in [0.2, 0.25) is 5.91 Å². The molecule has 2 unspecified atom stereocenters. The van der Waals surface area contributed by atoms with Gasteiger partial charge in [0.05, 0.1) is 37.1 Å². The van der Waals surface area contributed by atoms with Crippen molar-refractivity contribution < 1.29 is 49.0 Å². The summed E-state index contributed by atoms with van der Waals surface area (Å²) in [7, 11) is 1.75. The number of aryl methyl sites for hydroxylation is 1. The maximum absolute atomic E-state index is 12.6. The fourth-order valence-corrected chi connectivity index (χ4v) is 3.25. The second-order valence-corrected chi connectivity index (χ2v) is 6.13. The predicted octanol–water partition coefficient (Wildman–Crippen LogP) is -4.03. The maximum atomic E-state index is 12.6. The Morgan fingerprint density at radius 3 is 2.76 bits per heavy atom. The predicted molar refractivity (Wildman–Crippen MR) is 84.0 cm³/mol. The molecule has 1 fully saturated rings. The van der Waals surface area contributed by atoms with Gasteiger partial charge in [-0.2, -0.15) is 5.10 Å². The van der Waals surface area contributed by atoms with Crippen LogP contribution in [0.4, 0.5) is 5.69 Å². The number of carbonyl (C=O) groups excluding carboxylic acids is 2. The molecule has 2 aliphatic rings. The molecule has 8 nitrogen and oxygen atoms in total. The number of anilines is 1. The molecule has 1 saturated heterocycles. The zero-order valence-electron chi connectivity index (χ0n) is 14.6. The van der Waals surface area contributed by atoms with E-state index in [9.17, 15) is 14.7 Å². The number of aliphatic carboxylic acids is 1. The number of hydrogen-bond acceptors (Lipinski definition) is 6. The third-order valence-electron chi connectivity index (χ3n) is 4.42. The Kier molecular flexibility index (Phi) is 7.06. The minimum atomic E-state index is -1.17. The van der Waals surface area contributed by atoms with Gasteiger partial charge in [0.15, 0.2) is 0 Å². The van der Waals surface area contributed by atoms with Crippen molar-refractivity contribution in [1.29, 1.82) is 0 Å². The minimum absolute atomic E-state index is 0. The SMILES string of the molecule is Cn1cc(N2C(C(=O)[O-])CCC2C(=O)NCC2=CCCOC2)cn1.[Na+]. The maximum Gasteiger partial charge on any atom is 1.00 e. The smallest absolute Gasteiger partial charge is 0.548 e. The minimum Gasteiger partial charge on any atom is -0.548 e. The Hall–Kier alpha value is -1.35. The molecule has 2 aliphatic heterocycles. The van der Waals surface area contributed by atoms with E-state index in [1.807, 2.05) is 0 Å². The summed E-state index contributed by atoms with van der Waals surface area (Å²) in [4.78, 5) is 25.6. The van der Waals surface area contributed by atoms with E-state index >= 15 is 0 Å². The summed E-state index contributed by atoms with van der Waals surface area (Å²) >= 11 is 0. The summed E-state index contributed by atoms with van der Waals surface area (Å²) in [5, 5.41) is 18.4. The molecule has 3 heterocycles. The van der Waals surface area contributed by atoms with E-state index in [0.29, 0.717) is 38.3 Å². The van der Waals surface area contributed by atoms with Crippen LogP contribution in [0.15, 0.2) is 24.0 Å². The summed E-state index contributed by atoms with van der Waals surface area (Å²) in [5.74, 6) is -1.35. The van der Waals surface area contributed by atoms with E-state index in [1.54, 1.807) is 29.0 Å². The molecule has 1 aromatic heterocycles. The van der Waals surface area contributed by atoms with Crippen molar-refractivity contribution in [3.63, 3.8) is 0 Å². The van der Waals surface area contributed by atoms with Crippen LogP contribution >= 0.6 is 0 Å². The van der Waals surface area contributed by atoms with Crippen molar-refractivity contribution in [2.75, 3.05) is 24.7 Å². The summed E-state index contributed by atoms with van der Waals surface area (Å²) < 4.78 is 6.94. The summed E-state index contributed by atoms with van der Waals surface area (Å²) in [5.41, 5.74) is 1.65. The zero-order valence-corrected chi connectivity index (χ0v) is 16.6. The molecule has 1 amide bonds. The topological polar surface area (TPSA) is 99.5 Å². The van der Waals surface area contributed by atoms with Gasteiger partial charge < -0.3 is 24.9 Å². The quantitative estimate of drug-likeness (QED) is 0.426. The molecule has 0 saturated carbocycles. The van der Waals surface area contributed by atoms with Crippen LogP contribution in [0.1, 0.15) is 19.3 Å². The molecule has 0 aliphatic carbocycles. The van der Waals surface area contributed by atoms with E-state index in [0.717, 1.165) is 12.0 Å². The van der Waals surface area contributed by atoms with Gasteiger partial charge >= 0.3 is 29.6 Å². The average Bonchev–Trinajstić information content (AvgIpc) is 3.19. The molecule has 130 valence electrons. The third kappa shape index (κ3) is 4.63. The van der Waals surface area contributed by atoms with Crippen LogP contribution in [-0.2, 0) is 21.4 Å². The first-order chi connectivity index (χ1) is 11.6. The van der Waals surface area contributed by atoms with Crippen molar-refractivity contribution in [2.24, 2.45) is 7.05 Å². The molecule has 0 radical (unpaired) electrons. The second kappa shape index (κ2) is 8.84. The number of carboxylic acids is 1. The fraction of sp³-hybridized carbons (Fsp3) is 0.562. The summed E-state index contributed by atoms with van der Waals surface area (Å²) in [6.45, 7) is 1.66. The molecular weight excluding hydrogens is 335 g/mol. The fourth-order valence-electron chi connectivity index (χ4n) is 3.25. The van der Waals surface area contributed by atoms with E-state index in [2.05, 4.69) is 16.5 Å². The van der Waals surface area contributed by atoms with Crippen LogP contribution in [0.5, 0.6) is 0 Å². The van der Waals surface area contributed by atoms with E-state index in [4.69, 9.17) is 4.74 Å². The number of carbonyl (C=O) groups is 2. The molecule has 3 rings (SSSR count). The van der Waals surface area contributed by atoms with Crippen LogP contribution in [-0.4, -0.2) is 53.5 Å². The van der Waals surface area contributed by atoms with Gasteiger partial charge in [0.25, 0.3) is 0 Å². The molecule has 9 heteroatoms. The molecule has 1 aromatic rings. The molecule has 0 spiro atoms. The summed E-state index contributed by atoms with van der Waals surface area (Å²) in [6, 6.07) is -1.36. The van der Waals surface area contributed by atoms with Crippen LogP contribution in [0, 0.1) is 0 Å². The van der Waals surface area contributed by atoms with Gasteiger partial charge in [-0.05, 0) is 24.8 Å². The Morgan fingerprint density at radius 1 is 1.40 bits per heavy atom. The van der Waals surface area contributed by atoms with Crippen LogP contribution in [0.2, 0.25) is 0 Å². The number of nitrogens with zero attached hydrogens (tertiary/aromatic N) is 3. The molecule has 25 heavy (non-hydrogen) atoms. The first-order valence-corrected chi connectivity index (χ1v) is 8.07. The standard InChI is InChI=1S/C16H22N4O4.Na/c1-19-9-12(8-18-19)20-13(4-5-14(20)16(22)23)15(21)17-7-11-3-2-6-24-10-11;/h3,8-9,13-14H,2,4-7,10H2,1H3,(H,17,21)(H,22,23);/q;+1/p-1. The molecule has 2 atom stereocenters. The molecule has 0 aromatic carbocycles. The van der Waals surface area contributed by atoms with E-state index in [-0.39, 0.29) is 35.5 Å². The third-order valence-corrected chi connectivity index (χ3v) is 4.42. The monoisotopic (exact) mass is 356 g/mol. The Bertz CT molecular complexity index is 660. The van der Waals surface area contributed by atoms with Gasteiger partial charge in [-0.1, -0.05) is 6.08 Å². The van der Waals surface area contributed by atoms with E-state index in [1.165, 1.54) is 0 Å². The van der Waals surface area contributed by atoms with Crippen molar-refractivity contribution in [3.05, 3.63) is 24.0 Å². The van der Waals surface area contributed by atoms with E-state index < -0.39 is 18.1 Å². The Balaban J connectivity index is 0.00000225. The van der Waals surface area contributed by atoms with Crippen molar-refractivity contribution in [1.82, 2.24) is 15.1 Å². The Morgan fingerprint density at radius 2 is 2.16 bits per heavy atom. The summed E-state index contributed by atoms with van der Waals surface area (Å²) in [6.07, 6.45) is 7.04. The zero-order chi connectivity index (χ0) is 17.1. The van der Waals surface area contributed by atoms with Crippen molar-refractivity contribution >= 4 is 17.6 Å². The first kappa shape index (κ1) is 20.0. The number of ether oxygens (including phenoxy) is 1. The van der Waals surface area contributed by atoms with Crippen LogP contribution in [0.3, 0.4) is 0 Å². The Labute approximate surface area is 168 Å². The normalized spacial score (nSPS) is 22.9. The number of amides is 1. The van der Waals surface area contributed by atoms with Gasteiger partial charge in [-0.25, -0.2) is 0 Å². The van der Waals surface area contributed by atoms with Gasteiger partial charge in [0.1, 0.15) is 6.04 Å². The van der Waals surface area contributed by atoms with Gasteiger partial charge in [-0.15, -0.1) is 0 Å². The van der Waals surface area contributed by atoms with Crippen molar-refractivity contribution in [2.45, 2.75) is 31.3 Å². The van der Waals surface area contributed by atoms with Crippen LogP contribution in [0.25, 0.3) is 0 Å².